The van der Waals surface area contributed by atoms with Gasteiger partial charge in [0.2, 0.25) is 0 Å². The molecule has 0 spiro atoms. The minimum atomic E-state index is -0.857. The van der Waals surface area contributed by atoms with Gasteiger partial charge in [-0.2, -0.15) is 16.5 Å². The lowest BCUT2D eigenvalue weighted by molar-refractivity contribution is 0.0444. The zero-order valence-electron chi connectivity index (χ0n) is 22.6. The molecule has 2 N–H and O–H groups in total. The molecule has 214 valence electrons. The predicted molar refractivity (Wildman–Crippen MR) is 148 cm³/mol. The van der Waals surface area contributed by atoms with E-state index in [1.807, 2.05) is 60.0 Å². The lowest BCUT2D eigenvalue weighted by atomic mass is 9.97. The largest absolute Gasteiger partial charge is 0.519 e. The molecule has 0 bridgehead atoms. The number of hydroxylamine groups is 1. The topological polar surface area (TPSA) is 147 Å². The molecule has 12 heteroatoms. The molecule has 1 aliphatic heterocycles. The number of carbonyl (C=O) groups excluding carboxylic acids is 2. The highest BCUT2D eigenvalue weighted by atomic mass is 16.7. The third kappa shape index (κ3) is 5.18. The number of hydrogen-bond acceptors (Lipinski definition) is 10. The molecule has 0 unspecified atom stereocenters. The number of nitrogens with one attached hydrogen (secondary N) is 2. The first kappa shape index (κ1) is 26.7. The molecule has 0 radical (unpaired) electrons. The van der Waals surface area contributed by atoms with Crippen LogP contribution in [0.15, 0.2) is 80.4 Å². The molecule has 3 heterocycles. The van der Waals surface area contributed by atoms with E-state index in [9.17, 15) is 14.4 Å². The second-order valence-electron chi connectivity index (χ2n) is 9.33. The summed E-state index contributed by atoms with van der Waals surface area (Å²) in [4.78, 5) is 45.5. The van der Waals surface area contributed by atoms with Crippen LogP contribution < -0.4 is 21.4 Å². The van der Waals surface area contributed by atoms with E-state index >= 15 is 0 Å². The molecule has 3 aromatic carbocycles. The SMILES string of the molecule is CCOc1nc2cccc(C(=O)OCc3oc(=O)oc3C)c2n1Cc1ccc(-c2ccccc2[C-]2NOC(=O)N2)cc1. The van der Waals surface area contributed by atoms with E-state index in [0.717, 1.165) is 22.3 Å². The minimum absolute atomic E-state index is 0.141. The summed E-state index contributed by atoms with van der Waals surface area (Å²) in [6.45, 7) is 3.89. The molecule has 12 nitrogen and oxygen atoms in total. The Hall–Kier alpha value is -5.49. The van der Waals surface area contributed by atoms with Crippen LogP contribution in [0.2, 0.25) is 0 Å². The number of hydrogen-bond donors (Lipinski definition) is 2. The molecule has 0 atom stereocenters. The zero-order valence-corrected chi connectivity index (χ0v) is 22.6. The van der Waals surface area contributed by atoms with Crippen LogP contribution in [-0.4, -0.2) is 28.2 Å². The maximum Gasteiger partial charge on any atom is 0.519 e. The van der Waals surface area contributed by atoms with Gasteiger partial charge < -0.3 is 28.5 Å². The van der Waals surface area contributed by atoms with E-state index in [4.69, 9.17) is 23.1 Å². The summed E-state index contributed by atoms with van der Waals surface area (Å²) in [6, 6.07) is 21.0. The number of imidazole rings is 1. The average Bonchev–Trinajstić information content (AvgIpc) is 3.68. The number of rotatable bonds is 9. The van der Waals surface area contributed by atoms with Gasteiger partial charge in [0.15, 0.2) is 18.1 Å². The highest BCUT2D eigenvalue weighted by molar-refractivity contribution is 6.02. The van der Waals surface area contributed by atoms with Gasteiger partial charge in [0, 0.05) is 6.17 Å². The van der Waals surface area contributed by atoms with Crippen LogP contribution in [0.4, 0.5) is 4.79 Å². The number of aromatic nitrogens is 2. The fourth-order valence-corrected chi connectivity index (χ4v) is 4.73. The quantitative estimate of drug-likeness (QED) is 0.193. The van der Waals surface area contributed by atoms with Crippen molar-refractivity contribution in [2.75, 3.05) is 6.61 Å². The second kappa shape index (κ2) is 11.2. The van der Waals surface area contributed by atoms with Crippen molar-refractivity contribution in [3.8, 4) is 17.1 Å². The van der Waals surface area contributed by atoms with Crippen molar-refractivity contribution in [1.29, 1.82) is 0 Å². The summed E-state index contributed by atoms with van der Waals surface area (Å²) in [5.74, 6) is -1.09. The van der Waals surface area contributed by atoms with Crippen molar-refractivity contribution in [3.05, 3.63) is 112 Å². The molecule has 1 amide bonds. The fraction of sp³-hybridized carbons (Fsp3) is 0.167. The van der Waals surface area contributed by atoms with E-state index in [1.165, 1.54) is 0 Å². The van der Waals surface area contributed by atoms with E-state index in [1.54, 1.807) is 25.1 Å². The van der Waals surface area contributed by atoms with E-state index in [2.05, 4.69) is 15.8 Å². The van der Waals surface area contributed by atoms with Crippen LogP contribution in [0.5, 0.6) is 6.01 Å². The Morgan fingerprint density at radius 2 is 1.83 bits per heavy atom. The molecular formula is C30H25N4O8-. The lowest BCUT2D eigenvalue weighted by Gasteiger charge is -2.23. The maximum absolute atomic E-state index is 13.2. The van der Waals surface area contributed by atoms with Crippen LogP contribution in [0.3, 0.4) is 0 Å². The third-order valence-corrected chi connectivity index (χ3v) is 6.67. The number of aryl methyl sites for hydroxylation is 1. The van der Waals surface area contributed by atoms with E-state index in [0.29, 0.717) is 36.4 Å². The Labute approximate surface area is 238 Å². The number of esters is 1. The van der Waals surface area contributed by atoms with E-state index in [-0.39, 0.29) is 23.7 Å². The average molecular weight is 570 g/mol. The standard InChI is InChI=1S/C30H25N4O8/c1-3-38-28-31-23-10-6-9-22(27(35)39-16-24-17(2)40-30(37)41-24)25(23)34(28)15-18-11-13-19(14-12-18)20-7-4-5-8-21(20)26-32-29(36)42-33-26/h4-14,33H,3,15-16H2,1-2H3,(H,32,36)/q-1. The highest BCUT2D eigenvalue weighted by Crippen LogP contribution is 2.30. The van der Waals surface area contributed by atoms with Gasteiger partial charge in [0.25, 0.3) is 6.01 Å². The summed E-state index contributed by atoms with van der Waals surface area (Å²) in [7, 11) is 0. The van der Waals surface area contributed by atoms with Gasteiger partial charge in [-0.3, -0.25) is 4.57 Å². The molecule has 1 aliphatic rings. The Bertz CT molecular complexity index is 1840. The van der Waals surface area contributed by atoms with Gasteiger partial charge in [0.05, 0.1) is 29.7 Å². The summed E-state index contributed by atoms with van der Waals surface area (Å²) in [6.07, 6.45) is -0.102. The van der Waals surface area contributed by atoms with Crippen LogP contribution in [0, 0.1) is 13.1 Å². The normalized spacial score (nSPS) is 12.8. The smallest absolute Gasteiger partial charge is 0.465 e. The van der Waals surface area contributed by atoms with E-state index < -0.39 is 17.9 Å². The van der Waals surface area contributed by atoms with Crippen molar-refractivity contribution in [2.24, 2.45) is 0 Å². The first-order valence-corrected chi connectivity index (χ1v) is 13.1. The zero-order chi connectivity index (χ0) is 29.2. The molecule has 6 rings (SSSR count). The number of amides is 1. The number of benzene rings is 3. The second-order valence-corrected chi connectivity index (χ2v) is 9.33. The van der Waals surface area contributed by atoms with Crippen molar-refractivity contribution in [1.82, 2.24) is 20.3 Å². The minimum Gasteiger partial charge on any atom is -0.465 e. The Balaban J connectivity index is 1.30. The van der Waals surface area contributed by atoms with Crippen LogP contribution >= 0.6 is 0 Å². The Kier molecular flexibility index (Phi) is 7.11. The summed E-state index contributed by atoms with van der Waals surface area (Å²) in [5.41, 5.74) is 7.54. The number of ether oxygens (including phenoxy) is 2. The molecular weight excluding hydrogens is 544 g/mol. The summed E-state index contributed by atoms with van der Waals surface area (Å²) in [5, 5.41) is 2.65. The maximum atomic E-state index is 13.2. The van der Waals surface area contributed by atoms with Gasteiger partial charge in [-0.25, -0.2) is 14.4 Å². The number of nitrogens with zero attached hydrogens (tertiary/aromatic N) is 2. The predicted octanol–water partition coefficient (Wildman–Crippen LogP) is 4.44. The van der Waals surface area contributed by atoms with Crippen molar-refractivity contribution < 1.29 is 32.7 Å². The molecule has 42 heavy (non-hydrogen) atoms. The summed E-state index contributed by atoms with van der Waals surface area (Å²) >= 11 is 0. The number of fused-ring (bicyclic) bond motifs is 1. The molecule has 0 aliphatic carbocycles. The number of carbonyl (C=O) groups is 2. The fourth-order valence-electron chi connectivity index (χ4n) is 4.73. The Morgan fingerprint density at radius 3 is 2.55 bits per heavy atom. The van der Waals surface area contributed by atoms with Gasteiger partial charge in [-0.15, -0.1) is 23.3 Å². The van der Waals surface area contributed by atoms with Crippen molar-refractivity contribution in [3.63, 3.8) is 0 Å². The Morgan fingerprint density at radius 1 is 1.02 bits per heavy atom. The summed E-state index contributed by atoms with van der Waals surface area (Å²) < 4.78 is 22.9. The van der Waals surface area contributed by atoms with Crippen LogP contribution in [0.25, 0.3) is 22.2 Å². The highest BCUT2D eigenvalue weighted by Gasteiger charge is 2.22. The first-order valence-electron chi connectivity index (χ1n) is 13.1. The van der Waals surface area contributed by atoms with Crippen molar-refractivity contribution >= 4 is 23.1 Å². The lowest BCUT2D eigenvalue weighted by Crippen LogP contribution is -2.23. The van der Waals surface area contributed by atoms with Crippen LogP contribution in [0.1, 0.15) is 39.9 Å². The van der Waals surface area contributed by atoms with Gasteiger partial charge in [-0.1, -0.05) is 42.0 Å². The number of para-hydroxylation sites is 1. The molecule has 5 aromatic rings. The van der Waals surface area contributed by atoms with Crippen LogP contribution in [-0.2, 0) is 22.7 Å². The molecule has 2 aromatic heterocycles. The van der Waals surface area contributed by atoms with Gasteiger partial charge in [0.1, 0.15) is 0 Å². The molecule has 0 saturated carbocycles. The van der Waals surface area contributed by atoms with Gasteiger partial charge in [-0.05, 0) is 31.5 Å². The van der Waals surface area contributed by atoms with Crippen molar-refractivity contribution in [2.45, 2.75) is 27.0 Å². The first-order chi connectivity index (χ1) is 20.4. The third-order valence-electron chi connectivity index (χ3n) is 6.67. The molecule has 1 fully saturated rings. The molecule has 1 saturated heterocycles. The van der Waals surface area contributed by atoms with Gasteiger partial charge >= 0.3 is 17.9 Å². The monoisotopic (exact) mass is 569 g/mol.